The monoisotopic (exact) mass is 640 g/mol. The minimum Gasteiger partial charge on any atom is -0.481 e. The van der Waals surface area contributed by atoms with Crippen LogP contribution in [0.3, 0.4) is 0 Å². The van der Waals surface area contributed by atoms with Crippen molar-refractivity contribution in [1.29, 1.82) is 0 Å². The van der Waals surface area contributed by atoms with Crippen molar-refractivity contribution in [2.75, 3.05) is 4.90 Å². The molecule has 0 aliphatic carbocycles. The first-order chi connectivity index (χ1) is 20.0. The van der Waals surface area contributed by atoms with Crippen LogP contribution in [0.1, 0.15) is 69.4 Å². The molecule has 0 aromatic carbocycles. The van der Waals surface area contributed by atoms with Crippen molar-refractivity contribution in [3.05, 3.63) is 52.9 Å². The van der Waals surface area contributed by atoms with E-state index in [9.17, 15) is 36.6 Å². The maximum absolute atomic E-state index is 12.5. The summed E-state index contributed by atoms with van der Waals surface area (Å²) in [7, 11) is 0. The molecule has 0 spiro atoms. The number of piperidine rings is 2. The first-order valence-electron chi connectivity index (χ1n) is 13.8. The molecule has 0 saturated carbocycles. The number of rotatable bonds is 1. The van der Waals surface area contributed by atoms with Gasteiger partial charge in [-0.05, 0) is 75.6 Å². The molecule has 6 atom stereocenters. The molecule has 6 heterocycles. The lowest BCUT2D eigenvalue weighted by atomic mass is 10.00. The predicted octanol–water partition coefficient (Wildman–Crippen LogP) is 5.70. The van der Waals surface area contributed by atoms with E-state index in [0.29, 0.717) is 36.9 Å². The van der Waals surface area contributed by atoms with Crippen LogP contribution in [0, 0.1) is 0 Å². The lowest BCUT2D eigenvalue weighted by Crippen LogP contribution is -2.45. The standard InChI is InChI=1S/C13H15F3N2O.C7H13NO.C6H3ClF3N.C2H4O2/c14-13(15,16)8-1-4-12(17-7-8)18-9-2-3-10(18)6-11(19)5-9;9-7-3-5-1-2-6(4-7)8-5;7-5-2-1-4(3-11-5)6(8,9)10;1-2(3)4/h1,4,7,9-11,19H,2-3,5-6H2;5-9H,1-4H2;1-3H;1H3,(H,3,4)/t9-,10+,11?;5-,6+,7?;;. The fourth-order valence-corrected chi connectivity index (χ4v) is 5.91. The Bertz CT molecular complexity index is 1140. The van der Waals surface area contributed by atoms with Gasteiger partial charge in [-0.2, -0.15) is 26.3 Å². The summed E-state index contributed by atoms with van der Waals surface area (Å²) >= 11 is 5.28. The molecule has 2 aromatic rings. The van der Waals surface area contributed by atoms with Crippen LogP contribution in [0.2, 0.25) is 5.15 Å². The molecule has 43 heavy (non-hydrogen) atoms. The van der Waals surface area contributed by atoms with Crippen LogP contribution in [0.25, 0.3) is 0 Å². The number of hydrogen-bond acceptors (Lipinski definition) is 7. The number of aliphatic hydroxyl groups is 2. The summed E-state index contributed by atoms with van der Waals surface area (Å²) in [5, 5.41) is 29.9. The molecule has 4 bridgehead atoms. The lowest BCUT2D eigenvalue weighted by Gasteiger charge is -2.38. The second-order valence-electron chi connectivity index (χ2n) is 11.0. The largest absolute Gasteiger partial charge is 0.481 e. The molecule has 15 heteroatoms. The minimum atomic E-state index is -4.34. The van der Waals surface area contributed by atoms with Crippen LogP contribution in [-0.4, -0.2) is 67.6 Å². The van der Waals surface area contributed by atoms with Gasteiger partial charge in [0.1, 0.15) is 11.0 Å². The van der Waals surface area contributed by atoms with Gasteiger partial charge in [-0.1, -0.05) is 11.6 Å². The van der Waals surface area contributed by atoms with Crippen molar-refractivity contribution in [3.8, 4) is 0 Å². The third-order valence-corrected chi connectivity index (χ3v) is 7.77. The molecule has 2 unspecified atom stereocenters. The van der Waals surface area contributed by atoms with E-state index in [4.69, 9.17) is 21.5 Å². The number of pyridine rings is 2. The molecule has 4 N–H and O–H groups in total. The highest BCUT2D eigenvalue weighted by Crippen LogP contribution is 2.39. The Morgan fingerprint density at radius 3 is 1.65 bits per heavy atom. The Kier molecular flexibility index (Phi) is 12.0. The van der Waals surface area contributed by atoms with Gasteiger partial charge in [-0.15, -0.1) is 0 Å². The van der Waals surface area contributed by atoms with Crippen LogP contribution < -0.4 is 10.2 Å². The zero-order chi connectivity index (χ0) is 31.9. The van der Waals surface area contributed by atoms with Crippen molar-refractivity contribution < 1.29 is 46.5 Å². The van der Waals surface area contributed by atoms with E-state index >= 15 is 0 Å². The number of halogens is 7. The zero-order valence-electron chi connectivity index (χ0n) is 23.3. The second kappa shape index (κ2) is 14.9. The maximum atomic E-state index is 12.5. The Labute approximate surface area is 250 Å². The number of nitrogens with zero attached hydrogens (tertiary/aromatic N) is 3. The van der Waals surface area contributed by atoms with Crippen molar-refractivity contribution in [1.82, 2.24) is 15.3 Å². The first-order valence-corrected chi connectivity index (χ1v) is 14.2. The molecule has 2 aromatic heterocycles. The normalized spacial score (nSPS) is 27.5. The Morgan fingerprint density at radius 1 is 0.814 bits per heavy atom. The number of alkyl halides is 6. The first kappa shape index (κ1) is 34.8. The van der Waals surface area contributed by atoms with E-state index in [0.717, 1.165) is 57.0 Å². The van der Waals surface area contributed by atoms with Gasteiger partial charge in [0.15, 0.2) is 0 Å². The third-order valence-electron chi connectivity index (χ3n) is 7.55. The number of anilines is 1. The number of carboxylic acid groups (broad SMARTS) is 1. The summed E-state index contributed by atoms with van der Waals surface area (Å²) in [6, 6.07) is 6.19. The second-order valence-corrected chi connectivity index (χ2v) is 11.4. The van der Waals surface area contributed by atoms with E-state index < -0.39 is 29.4 Å². The van der Waals surface area contributed by atoms with Crippen LogP contribution in [0.4, 0.5) is 32.2 Å². The highest BCUT2D eigenvalue weighted by atomic mass is 35.5. The van der Waals surface area contributed by atoms with Crippen LogP contribution in [-0.2, 0) is 17.1 Å². The summed E-state index contributed by atoms with van der Waals surface area (Å²) in [4.78, 5) is 18.3. The lowest BCUT2D eigenvalue weighted by molar-refractivity contribution is -0.138. The third kappa shape index (κ3) is 10.8. The summed E-state index contributed by atoms with van der Waals surface area (Å²) in [6.45, 7) is 1.08. The molecule has 4 fully saturated rings. The number of carboxylic acids is 1. The Balaban J connectivity index is 0.000000179. The van der Waals surface area contributed by atoms with Crippen molar-refractivity contribution in [2.24, 2.45) is 0 Å². The Morgan fingerprint density at radius 2 is 1.26 bits per heavy atom. The summed E-state index contributed by atoms with van der Waals surface area (Å²) in [5.74, 6) is -0.243. The summed E-state index contributed by atoms with van der Waals surface area (Å²) < 4.78 is 73.0. The molecular formula is C28H35ClF6N4O4. The zero-order valence-corrected chi connectivity index (χ0v) is 24.1. The van der Waals surface area contributed by atoms with E-state index in [-0.39, 0.29) is 29.4 Å². The molecule has 8 nitrogen and oxygen atoms in total. The van der Waals surface area contributed by atoms with Crippen LogP contribution >= 0.6 is 11.6 Å². The molecule has 4 aliphatic rings. The van der Waals surface area contributed by atoms with Gasteiger partial charge in [0.25, 0.3) is 5.97 Å². The van der Waals surface area contributed by atoms with Gasteiger partial charge in [0.05, 0.1) is 23.3 Å². The highest BCUT2D eigenvalue weighted by molar-refractivity contribution is 6.29. The topological polar surface area (TPSA) is 119 Å². The molecule has 240 valence electrons. The van der Waals surface area contributed by atoms with Crippen LogP contribution in [0.15, 0.2) is 36.7 Å². The number of aromatic nitrogens is 2. The van der Waals surface area contributed by atoms with Gasteiger partial charge in [-0.25, -0.2) is 9.97 Å². The van der Waals surface area contributed by atoms with Gasteiger partial charge in [-0.3, -0.25) is 4.79 Å². The number of aliphatic carboxylic acids is 1. The Hall–Kier alpha value is -2.68. The summed E-state index contributed by atoms with van der Waals surface area (Å²) in [6.07, 6.45) is 0.443. The fraction of sp³-hybridized carbons (Fsp3) is 0.607. The molecule has 6 rings (SSSR count). The quantitative estimate of drug-likeness (QED) is 0.232. The number of fused-ring (bicyclic) bond motifs is 4. The number of hydrogen-bond donors (Lipinski definition) is 4. The van der Waals surface area contributed by atoms with Gasteiger partial charge >= 0.3 is 12.4 Å². The number of carbonyl (C=O) groups is 1. The number of nitrogens with one attached hydrogen (secondary N) is 1. The van der Waals surface area contributed by atoms with Crippen molar-refractivity contribution in [3.63, 3.8) is 0 Å². The SMILES string of the molecule is CC(=O)O.FC(F)(F)c1ccc(Cl)nc1.OC1C[C@H]2CC[C@@H](C1)N2.OC1C[C@H]2CC[C@@H](C1)N2c1ccc(C(F)(F)F)cn1. The van der Waals surface area contributed by atoms with E-state index in [1.807, 2.05) is 0 Å². The summed E-state index contributed by atoms with van der Waals surface area (Å²) in [5.41, 5.74) is -1.51. The van der Waals surface area contributed by atoms with E-state index in [1.165, 1.54) is 18.9 Å². The van der Waals surface area contributed by atoms with Gasteiger partial charge < -0.3 is 25.5 Å². The fourth-order valence-electron chi connectivity index (χ4n) is 5.80. The van der Waals surface area contributed by atoms with E-state index in [1.54, 1.807) is 0 Å². The predicted molar refractivity (Wildman–Crippen MR) is 147 cm³/mol. The molecule has 0 amide bonds. The van der Waals surface area contributed by atoms with Crippen molar-refractivity contribution >= 4 is 23.4 Å². The average molecular weight is 641 g/mol. The van der Waals surface area contributed by atoms with Crippen LogP contribution in [0.5, 0.6) is 0 Å². The average Bonchev–Trinajstić information content (AvgIpc) is 3.38. The molecule has 4 aliphatic heterocycles. The number of aliphatic hydroxyl groups excluding tert-OH is 2. The minimum absolute atomic E-state index is 0.0104. The molecular weight excluding hydrogens is 606 g/mol. The van der Waals surface area contributed by atoms with E-state index in [2.05, 4.69) is 20.2 Å². The maximum Gasteiger partial charge on any atom is 0.417 e. The van der Waals surface area contributed by atoms with Crippen molar-refractivity contribution in [2.45, 2.75) is 107 Å². The van der Waals surface area contributed by atoms with Gasteiger partial charge in [0, 0.05) is 43.5 Å². The smallest absolute Gasteiger partial charge is 0.417 e. The molecule has 0 radical (unpaired) electrons. The highest BCUT2D eigenvalue weighted by Gasteiger charge is 2.41. The molecule has 4 saturated heterocycles. The van der Waals surface area contributed by atoms with Gasteiger partial charge in [0.2, 0.25) is 0 Å².